The van der Waals surface area contributed by atoms with Crippen molar-refractivity contribution in [2.75, 3.05) is 7.11 Å². The van der Waals surface area contributed by atoms with E-state index in [0.717, 1.165) is 28.3 Å². The van der Waals surface area contributed by atoms with Gasteiger partial charge in [0.2, 0.25) is 5.62 Å². The number of aromatic amines is 1. The molecule has 4 rings (SSSR count). The molecule has 2 aromatic carbocycles. The van der Waals surface area contributed by atoms with E-state index in [9.17, 15) is 18.0 Å². The molecule has 1 aliphatic carbocycles. The summed E-state index contributed by atoms with van der Waals surface area (Å²) < 4.78 is 47.9. The molecule has 1 aliphatic rings. The minimum Gasteiger partial charge on any atom is -0.497 e. The first-order chi connectivity index (χ1) is 16.6. The molecule has 1 N–H and O–H groups in total. The molecule has 2 unspecified atom stereocenters. The Bertz CT molecular complexity index is 1240. The number of nitrogens with zero attached hydrogens (tertiary/aromatic N) is 2. The van der Waals surface area contributed by atoms with Crippen molar-refractivity contribution in [3.8, 4) is 17.0 Å². The van der Waals surface area contributed by atoms with Crippen LogP contribution in [0.15, 0.2) is 59.6 Å². The van der Waals surface area contributed by atoms with Gasteiger partial charge in [-0.05, 0) is 49.1 Å². The van der Waals surface area contributed by atoms with Crippen LogP contribution in [0.4, 0.5) is 13.2 Å². The van der Waals surface area contributed by atoms with E-state index in [-0.39, 0.29) is 12.8 Å². The lowest BCUT2D eigenvalue weighted by atomic mass is 9.70. The minimum absolute atomic E-state index is 0.0411. The summed E-state index contributed by atoms with van der Waals surface area (Å²) in [5.41, 5.74) is 2.17. The van der Waals surface area contributed by atoms with Gasteiger partial charge < -0.3 is 14.3 Å². The van der Waals surface area contributed by atoms with Crippen LogP contribution in [-0.4, -0.2) is 28.7 Å². The van der Waals surface area contributed by atoms with Crippen molar-refractivity contribution < 1.29 is 22.7 Å². The number of aromatic nitrogens is 2. The van der Waals surface area contributed by atoms with Gasteiger partial charge in [-0.15, -0.1) is 0 Å². The van der Waals surface area contributed by atoms with Crippen LogP contribution >= 0.6 is 0 Å². The van der Waals surface area contributed by atoms with Gasteiger partial charge in [0, 0.05) is 30.6 Å². The maximum absolute atomic E-state index is 13.6. The van der Waals surface area contributed by atoms with E-state index >= 15 is 0 Å². The maximum Gasteiger partial charge on any atom is 0.394 e. The van der Waals surface area contributed by atoms with Crippen molar-refractivity contribution in [1.82, 2.24) is 9.55 Å². The predicted molar refractivity (Wildman–Crippen MR) is 128 cm³/mol. The largest absolute Gasteiger partial charge is 0.497 e. The van der Waals surface area contributed by atoms with E-state index in [1.165, 1.54) is 6.92 Å². The van der Waals surface area contributed by atoms with E-state index in [0.29, 0.717) is 24.9 Å². The molecule has 1 saturated carbocycles. The molecule has 5 nitrogen and oxygen atoms in total. The van der Waals surface area contributed by atoms with Crippen LogP contribution in [0, 0.1) is 11.3 Å². The normalized spacial score (nSPS) is 21.2. The number of carbonyl (C=O) groups is 1. The van der Waals surface area contributed by atoms with Gasteiger partial charge in [-0.25, -0.2) is 0 Å². The number of methoxy groups -OCH3 is 1. The Hall–Kier alpha value is -3.29. The quantitative estimate of drug-likeness (QED) is 0.496. The Labute approximate surface area is 202 Å². The lowest BCUT2D eigenvalue weighted by molar-refractivity contribution is -0.231. The lowest BCUT2D eigenvalue weighted by Crippen LogP contribution is -2.41. The number of hydrogen-bond donors (Lipinski definition) is 1. The fourth-order valence-corrected chi connectivity index (χ4v) is 4.88. The Morgan fingerprint density at radius 2 is 1.86 bits per heavy atom. The highest BCUT2D eigenvalue weighted by molar-refractivity contribution is 5.79. The summed E-state index contributed by atoms with van der Waals surface area (Å²) in [7, 11) is 3.40. The van der Waals surface area contributed by atoms with Gasteiger partial charge in [0.05, 0.1) is 18.2 Å². The number of rotatable bonds is 5. The van der Waals surface area contributed by atoms with Crippen LogP contribution in [0.5, 0.6) is 5.75 Å². The first kappa shape index (κ1) is 24.8. The number of H-pyrrole nitrogens is 1. The molecule has 0 radical (unpaired) electrons. The molecule has 0 bridgehead atoms. The summed E-state index contributed by atoms with van der Waals surface area (Å²) in [6.07, 6.45) is -3.18. The van der Waals surface area contributed by atoms with Gasteiger partial charge in [0.25, 0.3) is 5.91 Å². The summed E-state index contributed by atoms with van der Waals surface area (Å²) in [5, 5.41) is 0. The minimum atomic E-state index is -4.34. The predicted octanol–water partition coefficient (Wildman–Crippen LogP) is 5.81. The SMILES string of the molecule is COc1ccc(-c2c(Cc3ccccc3)[nH]/c(=N\C(=O)C3CCCC(C)(C(F)(F)F)C3)n2C)cc1. The van der Waals surface area contributed by atoms with Crippen LogP contribution in [0.1, 0.15) is 43.9 Å². The standard InChI is InChI=1S/C27H30F3N3O2/c1-26(27(28,29)30)15-7-10-20(17-26)24(34)32-25-31-22(16-18-8-5-4-6-9-18)23(33(25)2)19-11-13-21(35-3)14-12-19/h4-6,8-9,11-14,20H,7,10,15-17H2,1-3H3,(H,31,32,34). The monoisotopic (exact) mass is 485 g/mol. The zero-order valence-electron chi connectivity index (χ0n) is 20.2. The highest BCUT2D eigenvalue weighted by Crippen LogP contribution is 2.50. The molecule has 1 aromatic heterocycles. The maximum atomic E-state index is 13.6. The van der Waals surface area contributed by atoms with Crippen LogP contribution < -0.4 is 10.4 Å². The second-order valence-corrected chi connectivity index (χ2v) is 9.53. The number of imidazole rings is 1. The van der Waals surface area contributed by atoms with Crippen LogP contribution in [0.2, 0.25) is 0 Å². The van der Waals surface area contributed by atoms with Crippen molar-refractivity contribution in [3.63, 3.8) is 0 Å². The van der Waals surface area contributed by atoms with Gasteiger partial charge in [-0.2, -0.15) is 18.2 Å². The highest BCUT2D eigenvalue weighted by Gasteiger charge is 2.53. The third kappa shape index (κ3) is 5.21. The number of nitrogens with one attached hydrogen (secondary N) is 1. The van der Waals surface area contributed by atoms with E-state index in [1.807, 2.05) is 54.6 Å². The van der Waals surface area contributed by atoms with Crippen LogP contribution in [0.3, 0.4) is 0 Å². The van der Waals surface area contributed by atoms with Gasteiger partial charge in [0.1, 0.15) is 5.75 Å². The van der Waals surface area contributed by atoms with Crippen molar-refractivity contribution in [1.29, 1.82) is 0 Å². The molecule has 1 fully saturated rings. The molecule has 0 saturated heterocycles. The third-order valence-corrected chi connectivity index (χ3v) is 7.02. The van der Waals surface area contributed by atoms with Crippen LogP contribution in [-0.2, 0) is 18.3 Å². The molecular formula is C27H30F3N3O2. The molecule has 0 aliphatic heterocycles. The summed E-state index contributed by atoms with van der Waals surface area (Å²) in [4.78, 5) is 20.6. The van der Waals surface area contributed by atoms with Gasteiger partial charge >= 0.3 is 6.18 Å². The molecule has 1 heterocycles. The molecular weight excluding hydrogens is 455 g/mol. The molecule has 1 amide bonds. The Morgan fingerprint density at radius 1 is 1.17 bits per heavy atom. The van der Waals surface area contributed by atoms with Crippen molar-refractivity contribution in [2.24, 2.45) is 23.4 Å². The Kier molecular flexibility index (Phi) is 6.92. The highest BCUT2D eigenvalue weighted by atomic mass is 19.4. The number of ether oxygens (including phenoxy) is 1. The lowest BCUT2D eigenvalue weighted by Gasteiger charge is -2.38. The third-order valence-electron chi connectivity index (χ3n) is 7.02. The average molecular weight is 486 g/mol. The number of hydrogen-bond acceptors (Lipinski definition) is 2. The summed E-state index contributed by atoms with van der Waals surface area (Å²) in [5.74, 6) is -0.535. The first-order valence-electron chi connectivity index (χ1n) is 11.7. The summed E-state index contributed by atoms with van der Waals surface area (Å²) in [6, 6.07) is 17.5. The van der Waals surface area contributed by atoms with Gasteiger partial charge in [0.15, 0.2) is 0 Å². The van der Waals surface area contributed by atoms with E-state index in [4.69, 9.17) is 4.74 Å². The Morgan fingerprint density at radius 3 is 2.49 bits per heavy atom. The number of halogens is 3. The zero-order chi connectivity index (χ0) is 25.2. The molecule has 0 spiro atoms. The molecule has 8 heteroatoms. The van der Waals surface area contributed by atoms with E-state index in [1.54, 1.807) is 18.7 Å². The smallest absolute Gasteiger partial charge is 0.394 e. The summed E-state index contributed by atoms with van der Waals surface area (Å²) >= 11 is 0. The Balaban J connectivity index is 1.72. The molecule has 35 heavy (non-hydrogen) atoms. The average Bonchev–Trinajstić information content (AvgIpc) is 3.13. The van der Waals surface area contributed by atoms with Crippen molar-refractivity contribution >= 4 is 5.91 Å². The fourth-order valence-electron chi connectivity index (χ4n) is 4.88. The number of benzene rings is 2. The number of amides is 1. The van der Waals surface area contributed by atoms with E-state index < -0.39 is 23.4 Å². The van der Waals surface area contributed by atoms with E-state index in [2.05, 4.69) is 9.98 Å². The van der Waals surface area contributed by atoms with Crippen molar-refractivity contribution in [3.05, 3.63) is 71.5 Å². The zero-order valence-corrected chi connectivity index (χ0v) is 20.2. The molecule has 3 aromatic rings. The fraction of sp³-hybridized carbons (Fsp3) is 0.407. The number of carbonyl (C=O) groups excluding carboxylic acids is 1. The molecule has 186 valence electrons. The molecule has 2 atom stereocenters. The van der Waals surface area contributed by atoms with Crippen molar-refractivity contribution in [2.45, 2.75) is 45.2 Å². The number of alkyl halides is 3. The van der Waals surface area contributed by atoms with Gasteiger partial charge in [-0.3, -0.25) is 4.79 Å². The summed E-state index contributed by atoms with van der Waals surface area (Å²) in [6.45, 7) is 1.21. The second-order valence-electron chi connectivity index (χ2n) is 9.53. The van der Waals surface area contributed by atoms with Gasteiger partial charge in [-0.1, -0.05) is 43.7 Å². The second kappa shape index (κ2) is 9.76. The van der Waals surface area contributed by atoms with Crippen LogP contribution in [0.25, 0.3) is 11.3 Å². The first-order valence-corrected chi connectivity index (χ1v) is 11.7. The topological polar surface area (TPSA) is 59.4 Å².